The standard InChI is InChI=1S/C26H37N3O3S/c1-4-5-12-27-25(33)28-21-8-10-26(20-6-7-22(30-2)23(15-20)31-3)11-13-29(24(26)16-21)17-19-9-14-32-18-19/h6-7,9,14-15,18,21,24H,4-5,8,10-13,16-17H2,1-3H3,(H2,27,28,33)/t21-,24+,26+/m1/s1. The Bertz CT molecular complexity index is 920. The molecule has 1 aliphatic heterocycles. The molecule has 180 valence electrons. The molecule has 0 spiro atoms. The molecule has 2 aliphatic rings. The summed E-state index contributed by atoms with van der Waals surface area (Å²) < 4.78 is 16.5. The first-order chi connectivity index (χ1) is 16.1. The Kier molecular flexibility index (Phi) is 7.81. The second kappa shape index (κ2) is 10.8. The largest absolute Gasteiger partial charge is 0.493 e. The first-order valence-electron chi connectivity index (χ1n) is 12.1. The number of nitrogens with one attached hydrogen (secondary N) is 2. The van der Waals surface area contributed by atoms with E-state index < -0.39 is 0 Å². The van der Waals surface area contributed by atoms with Gasteiger partial charge in [0.25, 0.3) is 0 Å². The van der Waals surface area contributed by atoms with E-state index in [4.69, 9.17) is 26.1 Å². The maximum Gasteiger partial charge on any atom is 0.166 e. The SMILES string of the molecule is CCCCNC(=S)N[C@@H]1CC[C@@]2(c3ccc(OC)c(OC)c3)CCN(Cc3ccoc3)[C@H]2C1. The molecule has 2 aromatic rings. The zero-order valence-corrected chi connectivity index (χ0v) is 20.9. The summed E-state index contributed by atoms with van der Waals surface area (Å²) in [4.78, 5) is 2.63. The van der Waals surface area contributed by atoms with Crippen molar-refractivity contribution in [3.63, 3.8) is 0 Å². The van der Waals surface area contributed by atoms with Gasteiger partial charge in [0.15, 0.2) is 16.6 Å². The van der Waals surface area contributed by atoms with Crippen LogP contribution in [-0.2, 0) is 12.0 Å². The summed E-state index contributed by atoms with van der Waals surface area (Å²) >= 11 is 5.59. The summed E-state index contributed by atoms with van der Waals surface area (Å²) in [5.74, 6) is 1.58. The molecule has 4 rings (SSSR count). The zero-order chi connectivity index (χ0) is 23.3. The Balaban J connectivity index is 1.56. The number of rotatable bonds is 9. The predicted octanol–water partition coefficient (Wildman–Crippen LogP) is 4.63. The van der Waals surface area contributed by atoms with E-state index in [1.54, 1.807) is 20.5 Å². The number of likely N-dealkylation sites (tertiary alicyclic amines) is 1. The molecule has 0 unspecified atom stereocenters. The van der Waals surface area contributed by atoms with E-state index in [0.29, 0.717) is 12.1 Å². The molecule has 3 atom stereocenters. The van der Waals surface area contributed by atoms with Crippen LogP contribution in [0.2, 0.25) is 0 Å². The number of hydrogen-bond acceptors (Lipinski definition) is 5. The van der Waals surface area contributed by atoms with Crippen molar-refractivity contribution < 1.29 is 13.9 Å². The van der Waals surface area contributed by atoms with Gasteiger partial charge in [-0.2, -0.15) is 0 Å². The number of hydrogen-bond donors (Lipinski definition) is 2. The zero-order valence-electron chi connectivity index (χ0n) is 20.1. The van der Waals surface area contributed by atoms with Crippen molar-refractivity contribution in [1.82, 2.24) is 15.5 Å². The van der Waals surface area contributed by atoms with Gasteiger partial charge in [0, 0.05) is 36.2 Å². The van der Waals surface area contributed by atoms with Gasteiger partial charge in [-0.15, -0.1) is 0 Å². The topological polar surface area (TPSA) is 58.9 Å². The Labute approximate surface area is 203 Å². The Morgan fingerprint density at radius 3 is 2.79 bits per heavy atom. The summed E-state index contributed by atoms with van der Waals surface area (Å²) in [6, 6.07) is 9.33. The lowest BCUT2D eigenvalue weighted by atomic mass is 9.65. The highest BCUT2D eigenvalue weighted by Crippen LogP contribution is 2.50. The molecular weight excluding hydrogens is 434 g/mol. The van der Waals surface area contributed by atoms with Crippen molar-refractivity contribution in [2.75, 3.05) is 27.3 Å². The van der Waals surface area contributed by atoms with Gasteiger partial charge in [-0.1, -0.05) is 19.4 Å². The van der Waals surface area contributed by atoms with Gasteiger partial charge in [0.1, 0.15) is 0 Å². The van der Waals surface area contributed by atoms with Crippen molar-refractivity contribution >= 4 is 17.3 Å². The smallest absolute Gasteiger partial charge is 0.166 e. The summed E-state index contributed by atoms with van der Waals surface area (Å²) in [5, 5.41) is 7.76. The molecule has 1 aliphatic carbocycles. The van der Waals surface area contributed by atoms with Crippen LogP contribution >= 0.6 is 12.2 Å². The van der Waals surface area contributed by atoms with Crippen LogP contribution in [0, 0.1) is 0 Å². The first kappa shape index (κ1) is 23.9. The number of nitrogens with zero attached hydrogens (tertiary/aromatic N) is 1. The average molecular weight is 472 g/mol. The van der Waals surface area contributed by atoms with Crippen molar-refractivity contribution in [2.24, 2.45) is 0 Å². The number of furan rings is 1. The molecule has 0 bridgehead atoms. The summed E-state index contributed by atoms with van der Waals surface area (Å²) in [7, 11) is 3.40. The molecule has 1 saturated heterocycles. The minimum Gasteiger partial charge on any atom is -0.493 e. The van der Waals surface area contributed by atoms with Crippen molar-refractivity contribution in [3.05, 3.63) is 47.9 Å². The molecule has 7 heteroatoms. The van der Waals surface area contributed by atoms with Crippen LogP contribution in [0.1, 0.15) is 56.6 Å². The van der Waals surface area contributed by atoms with E-state index in [2.05, 4.69) is 46.7 Å². The second-order valence-electron chi connectivity index (χ2n) is 9.32. The number of ether oxygens (including phenoxy) is 2. The molecule has 1 saturated carbocycles. The summed E-state index contributed by atoms with van der Waals surface area (Å²) in [6.07, 6.45) is 10.3. The number of unbranched alkanes of at least 4 members (excludes halogenated alkanes) is 1. The van der Waals surface area contributed by atoms with E-state index in [0.717, 1.165) is 74.8 Å². The van der Waals surface area contributed by atoms with Crippen LogP contribution < -0.4 is 20.1 Å². The monoisotopic (exact) mass is 471 g/mol. The molecule has 1 aromatic carbocycles. The minimum absolute atomic E-state index is 0.0960. The Hall–Kier alpha value is -2.25. The van der Waals surface area contributed by atoms with Gasteiger partial charge in [-0.3, -0.25) is 4.90 Å². The van der Waals surface area contributed by atoms with Crippen molar-refractivity contribution in [3.8, 4) is 11.5 Å². The summed E-state index contributed by atoms with van der Waals surface area (Å²) in [6.45, 7) is 5.10. The van der Waals surface area contributed by atoms with E-state index in [1.807, 2.05) is 6.26 Å². The van der Waals surface area contributed by atoms with Crippen LogP contribution in [0.3, 0.4) is 0 Å². The van der Waals surface area contributed by atoms with E-state index in [1.165, 1.54) is 11.1 Å². The first-order valence-corrected chi connectivity index (χ1v) is 12.5. The molecule has 1 aromatic heterocycles. The Morgan fingerprint density at radius 1 is 1.21 bits per heavy atom. The molecule has 2 heterocycles. The highest BCUT2D eigenvalue weighted by Gasteiger charge is 2.51. The number of benzene rings is 1. The fourth-order valence-corrected chi connectivity index (χ4v) is 5.95. The van der Waals surface area contributed by atoms with Crippen LogP contribution in [-0.4, -0.2) is 49.4 Å². The van der Waals surface area contributed by atoms with Gasteiger partial charge < -0.3 is 24.5 Å². The fourth-order valence-electron chi connectivity index (χ4n) is 5.68. The highest BCUT2D eigenvalue weighted by atomic mass is 32.1. The normalized spacial score (nSPS) is 24.8. The van der Waals surface area contributed by atoms with Gasteiger partial charge >= 0.3 is 0 Å². The summed E-state index contributed by atoms with van der Waals surface area (Å²) in [5.41, 5.74) is 2.67. The molecule has 0 radical (unpaired) electrons. The Morgan fingerprint density at radius 2 is 2.06 bits per heavy atom. The molecule has 2 N–H and O–H groups in total. The predicted molar refractivity (Wildman–Crippen MR) is 135 cm³/mol. The van der Waals surface area contributed by atoms with E-state index in [-0.39, 0.29) is 5.41 Å². The van der Waals surface area contributed by atoms with Crippen LogP contribution in [0.25, 0.3) is 0 Å². The lowest BCUT2D eigenvalue weighted by molar-refractivity contribution is 0.134. The van der Waals surface area contributed by atoms with Crippen LogP contribution in [0.15, 0.2) is 41.2 Å². The number of methoxy groups -OCH3 is 2. The third-order valence-electron chi connectivity index (χ3n) is 7.45. The van der Waals surface area contributed by atoms with Gasteiger partial charge in [-0.25, -0.2) is 0 Å². The molecular formula is C26H37N3O3S. The maximum absolute atomic E-state index is 5.66. The van der Waals surface area contributed by atoms with Crippen LogP contribution in [0.4, 0.5) is 0 Å². The number of fused-ring (bicyclic) bond motifs is 1. The molecule has 6 nitrogen and oxygen atoms in total. The lowest BCUT2D eigenvalue weighted by Crippen LogP contribution is -2.53. The van der Waals surface area contributed by atoms with Gasteiger partial charge in [0.05, 0.1) is 26.7 Å². The number of thiocarbonyl (C=S) groups is 1. The molecule has 0 amide bonds. The van der Waals surface area contributed by atoms with Crippen LogP contribution in [0.5, 0.6) is 11.5 Å². The third-order valence-corrected chi connectivity index (χ3v) is 7.71. The quantitative estimate of drug-likeness (QED) is 0.409. The van der Waals surface area contributed by atoms with Crippen molar-refractivity contribution in [2.45, 2.75) is 69.5 Å². The average Bonchev–Trinajstić information content (AvgIpc) is 3.48. The van der Waals surface area contributed by atoms with E-state index in [9.17, 15) is 0 Å². The second-order valence-corrected chi connectivity index (χ2v) is 9.73. The maximum atomic E-state index is 5.66. The van der Waals surface area contributed by atoms with Gasteiger partial charge in [-0.05, 0) is 74.6 Å². The molecule has 2 fully saturated rings. The molecule has 33 heavy (non-hydrogen) atoms. The van der Waals surface area contributed by atoms with Gasteiger partial charge in [0.2, 0.25) is 0 Å². The lowest BCUT2D eigenvalue weighted by Gasteiger charge is -2.45. The van der Waals surface area contributed by atoms with E-state index >= 15 is 0 Å². The van der Waals surface area contributed by atoms with Crippen molar-refractivity contribution in [1.29, 1.82) is 0 Å². The third kappa shape index (κ3) is 5.14. The highest BCUT2D eigenvalue weighted by molar-refractivity contribution is 7.80. The fraction of sp³-hybridized carbons (Fsp3) is 0.577. The minimum atomic E-state index is 0.0960.